The van der Waals surface area contributed by atoms with Gasteiger partial charge < -0.3 is 11.1 Å². The Morgan fingerprint density at radius 3 is 3.17 bits per heavy atom. The Morgan fingerprint density at radius 2 is 2.42 bits per heavy atom. The van der Waals surface area contributed by atoms with Crippen molar-refractivity contribution in [2.45, 2.75) is 6.92 Å². The van der Waals surface area contributed by atoms with E-state index in [-0.39, 0.29) is 0 Å². The predicted octanol–water partition coefficient (Wildman–Crippen LogP) is 1.14. The van der Waals surface area contributed by atoms with Gasteiger partial charge in [-0.05, 0) is 18.6 Å². The molecule has 2 heteroatoms. The lowest BCUT2D eigenvalue weighted by Gasteiger charge is -2.21. The zero-order chi connectivity index (χ0) is 8.72. The van der Waals surface area contributed by atoms with Crippen molar-refractivity contribution in [2.75, 3.05) is 6.54 Å². The molecular weight excluding hydrogens is 148 g/mol. The van der Waals surface area contributed by atoms with Gasteiger partial charge in [-0.3, -0.25) is 0 Å². The fourth-order valence-corrected chi connectivity index (χ4v) is 2.04. The summed E-state index contributed by atoms with van der Waals surface area (Å²) in [6.07, 6.45) is 4.19. The molecule has 2 rings (SSSR count). The normalized spacial score (nSPS) is 33.6. The maximum absolute atomic E-state index is 5.82. The molecule has 0 aromatic carbocycles. The zero-order valence-electron chi connectivity index (χ0n) is 7.30. The van der Waals surface area contributed by atoms with E-state index >= 15 is 0 Å². The average Bonchev–Trinajstić information content (AvgIpc) is 2.41. The van der Waals surface area contributed by atoms with Crippen molar-refractivity contribution in [3.8, 4) is 0 Å². The second-order valence-electron chi connectivity index (χ2n) is 3.55. The molecular formula is C10H14N2. The van der Waals surface area contributed by atoms with Gasteiger partial charge in [-0.25, -0.2) is 0 Å². The topological polar surface area (TPSA) is 38.0 Å². The van der Waals surface area contributed by atoms with E-state index in [4.69, 9.17) is 5.73 Å². The second kappa shape index (κ2) is 2.41. The van der Waals surface area contributed by atoms with Gasteiger partial charge in [-0.2, -0.15) is 0 Å². The van der Waals surface area contributed by atoms with Gasteiger partial charge in [0.05, 0.1) is 0 Å². The molecule has 0 amide bonds. The highest BCUT2D eigenvalue weighted by Gasteiger charge is 2.32. The SMILES string of the molecule is C=C1NCC2C=CC(N)=C(C)C12. The Kier molecular flexibility index (Phi) is 1.50. The molecule has 0 radical (unpaired) electrons. The van der Waals surface area contributed by atoms with Crippen LogP contribution in [0.25, 0.3) is 0 Å². The van der Waals surface area contributed by atoms with Crippen molar-refractivity contribution in [2.24, 2.45) is 17.6 Å². The number of allylic oxidation sites excluding steroid dienone is 2. The van der Waals surface area contributed by atoms with Crippen LogP contribution in [0, 0.1) is 11.8 Å². The standard InChI is InChI=1S/C10H14N2/c1-6-9(11)4-3-8-5-12-7(2)10(6)8/h3-4,8,10,12H,2,5,11H2,1H3. The summed E-state index contributed by atoms with van der Waals surface area (Å²) in [5, 5.41) is 3.28. The fourth-order valence-electron chi connectivity index (χ4n) is 2.04. The first kappa shape index (κ1) is 7.47. The smallest absolute Gasteiger partial charge is 0.0307 e. The molecule has 12 heavy (non-hydrogen) atoms. The van der Waals surface area contributed by atoms with Crippen molar-refractivity contribution in [3.63, 3.8) is 0 Å². The zero-order valence-corrected chi connectivity index (χ0v) is 7.30. The fraction of sp³-hybridized carbons (Fsp3) is 0.400. The van der Waals surface area contributed by atoms with E-state index in [1.54, 1.807) is 0 Å². The second-order valence-corrected chi connectivity index (χ2v) is 3.55. The van der Waals surface area contributed by atoms with Gasteiger partial charge in [-0.1, -0.05) is 12.7 Å². The molecule has 0 spiro atoms. The van der Waals surface area contributed by atoms with E-state index in [1.165, 1.54) is 5.57 Å². The van der Waals surface area contributed by atoms with Crippen LogP contribution >= 0.6 is 0 Å². The summed E-state index contributed by atoms with van der Waals surface area (Å²) < 4.78 is 0. The number of rotatable bonds is 0. The van der Waals surface area contributed by atoms with Gasteiger partial charge >= 0.3 is 0 Å². The monoisotopic (exact) mass is 162 g/mol. The average molecular weight is 162 g/mol. The van der Waals surface area contributed by atoms with E-state index in [0.717, 1.165) is 17.9 Å². The van der Waals surface area contributed by atoms with Crippen LogP contribution in [0.2, 0.25) is 0 Å². The van der Waals surface area contributed by atoms with Crippen LogP contribution in [-0.2, 0) is 0 Å². The van der Waals surface area contributed by atoms with E-state index in [1.807, 2.05) is 6.08 Å². The van der Waals surface area contributed by atoms with E-state index in [2.05, 4.69) is 24.9 Å². The van der Waals surface area contributed by atoms with Crippen LogP contribution in [0.4, 0.5) is 0 Å². The predicted molar refractivity (Wildman–Crippen MR) is 50.2 cm³/mol. The van der Waals surface area contributed by atoms with Gasteiger partial charge in [0.1, 0.15) is 0 Å². The van der Waals surface area contributed by atoms with Crippen LogP contribution in [0.3, 0.4) is 0 Å². The minimum absolute atomic E-state index is 0.440. The van der Waals surface area contributed by atoms with Crippen molar-refractivity contribution < 1.29 is 0 Å². The number of hydrogen-bond acceptors (Lipinski definition) is 2. The Labute approximate surface area is 72.8 Å². The summed E-state index contributed by atoms with van der Waals surface area (Å²) >= 11 is 0. The molecule has 1 fully saturated rings. The Morgan fingerprint density at radius 1 is 1.67 bits per heavy atom. The van der Waals surface area contributed by atoms with Crippen molar-refractivity contribution >= 4 is 0 Å². The lowest BCUT2D eigenvalue weighted by Crippen LogP contribution is -2.17. The summed E-state index contributed by atoms with van der Waals surface area (Å²) in [6, 6.07) is 0. The van der Waals surface area contributed by atoms with Gasteiger partial charge in [-0.15, -0.1) is 0 Å². The van der Waals surface area contributed by atoms with Crippen LogP contribution < -0.4 is 11.1 Å². The summed E-state index contributed by atoms with van der Waals surface area (Å²) in [5.74, 6) is 1.01. The molecule has 0 aromatic rings. The summed E-state index contributed by atoms with van der Waals surface area (Å²) in [7, 11) is 0. The highest BCUT2D eigenvalue weighted by molar-refractivity contribution is 5.36. The number of nitrogens with one attached hydrogen (secondary N) is 1. The van der Waals surface area contributed by atoms with Crippen LogP contribution in [0.5, 0.6) is 0 Å². The molecule has 0 saturated carbocycles. The van der Waals surface area contributed by atoms with E-state index in [0.29, 0.717) is 11.8 Å². The number of nitrogens with two attached hydrogens (primary N) is 1. The first-order chi connectivity index (χ1) is 5.70. The van der Waals surface area contributed by atoms with Crippen LogP contribution in [0.1, 0.15) is 6.92 Å². The van der Waals surface area contributed by atoms with Gasteiger partial charge in [0.15, 0.2) is 0 Å². The summed E-state index contributed by atoms with van der Waals surface area (Å²) in [5.41, 5.74) is 9.10. The number of fused-ring (bicyclic) bond motifs is 1. The van der Waals surface area contributed by atoms with Crippen LogP contribution in [-0.4, -0.2) is 6.54 Å². The molecule has 1 saturated heterocycles. The number of hydrogen-bond donors (Lipinski definition) is 2. The van der Waals surface area contributed by atoms with Gasteiger partial charge in [0.2, 0.25) is 0 Å². The molecule has 0 bridgehead atoms. The van der Waals surface area contributed by atoms with Crippen LogP contribution in [0.15, 0.2) is 35.7 Å². The van der Waals surface area contributed by atoms with E-state index < -0.39 is 0 Å². The maximum atomic E-state index is 5.82. The first-order valence-electron chi connectivity index (χ1n) is 4.27. The Hall–Kier alpha value is -1.18. The third-order valence-corrected chi connectivity index (χ3v) is 2.81. The summed E-state index contributed by atoms with van der Waals surface area (Å²) in [4.78, 5) is 0. The third-order valence-electron chi connectivity index (χ3n) is 2.81. The molecule has 2 unspecified atom stereocenters. The lowest BCUT2D eigenvalue weighted by molar-refractivity contribution is 0.584. The highest BCUT2D eigenvalue weighted by atomic mass is 14.9. The molecule has 1 heterocycles. The summed E-state index contributed by atoms with van der Waals surface area (Å²) in [6.45, 7) is 7.09. The van der Waals surface area contributed by atoms with Crippen molar-refractivity contribution in [3.05, 3.63) is 35.7 Å². The Bertz CT molecular complexity index is 286. The molecule has 64 valence electrons. The molecule has 2 aliphatic rings. The van der Waals surface area contributed by atoms with E-state index in [9.17, 15) is 0 Å². The van der Waals surface area contributed by atoms with Crippen molar-refractivity contribution in [1.29, 1.82) is 0 Å². The quantitative estimate of drug-likeness (QED) is 0.560. The molecule has 2 atom stereocenters. The molecule has 1 aliphatic carbocycles. The first-order valence-corrected chi connectivity index (χ1v) is 4.27. The minimum Gasteiger partial charge on any atom is -0.399 e. The van der Waals surface area contributed by atoms with Gasteiger partial charge in [0.25, 0.3) is 0 Å². The molecule has 3 N–H and O–H groups in total. The van der Waals surface area contributed by atoms with Gasteiger partial charge in [0, 0.05) is 29.8 Å². The lowest BCUT2D eigenvalue weighted by atomic mass is 9.83. The largest absolute Gasteiger partial charge is 0.399 e. The molecule has 0 aromatic heterocycles. The highest BCUT2D eigenvalue weighted by Crippen LogP contribution is 2.35. The van der Waals surface area contributed by atoms with Crippen molar-refractivity contribution in [1.82, 2.24) is 5.32 Å². The Balaban J connectivity index is 2.39. The molecule has 1 aliphatic heterocycles. The maximum Gasteiger partial charge on any atom is 0.0307 e. The molecule has 2 nitrogen and oxygen atoms in total. The minimum atomic E-state index is 0.440. The third kappa shape index (κ3) is 0.876.